The van der Waals surface area contributed by atoms with Gasteiger partial charge in [0.15, 0.2) is 5.11 Å². The van der Waals surface area contributed by atoms with Gasteiger partial charge in [0, 0.05) is 27.7 Å². The Kier molecular flexibility index (Phi) is 4.89. The number of anilines is 1. The van der Waals surface area contributed by atoms with Gasteiger partial charge in [0.05, 0.1) is 11.8 Å². The van der Waals surface area contributed by atoms with E-state index in [0.717, 1.165) is 10.9 Å². The van der Waals surface area contributed by atoms with Crippen LogP contribution in [0, 0.1) is 11.3 Å². The second-order valence-electron chi connectivity index (χ2n) is 6.33. The van der Waals surface area contributed by atoms with Gasteiger partial charge in [0.25, 0.3) is 11.8 Å². The first-order valence-electron chi connectivity index (χ1n) is 8.61. The molecule has 0 bridgehead atoms. The predicted molar refractivity (Wildman–Crippen MR) is 115 cm³/mol. The van der Waals surface area contributed by atoms with E-state index in [9.17, 15) is 9.59 Å². The number of hydrogen-bond acceptors (Lipinski definition) is 4. The third kappa shape index (κ3) is 3.40. The number of carbonyl (C=O) groups is 2. The molecule has 29 heavy (non-hydrogen) atoms. The molecule has 1 saturated heterocycles. The number of amides is 2. The van der Waals surface area contributed by atoms with Crippen LogP contribution in [0.15, 0.2) is 60.3 Å². The SMILES string of the molecule is N#CCn1cc(/C=C2\C(=O)NC(=S)N(c3cccc(Cl)c3)C2=O)c2ccccc21. The van der Waals surface area contributed by atoms with Crippen molar-refractivity contribution in [2.45, 2.75) is 6.54 Å². The summed E-state index contributed by atoms with van der Waals surface area (Å²) in [5, 5.41) is 12.9. The molecule has 1 aromatic heterocycles. The van der Waals surface area contributed by atoms with E-state index in [-0.39, 0.29) is 17.2 Å². The number of halogens is 1. The van der Waals surface area contributed by atoms with Crippen LogP contribution in [0.5, 0.6) is 0 Å². The van der Waals surface area contributed by atoms with Crippen LogP contribution in [0.1, 0.15) is 5.56 Å². The van der Waals surface area contributed by atoms with Gasteiger partial charge >= 0.3 is 0 Å². The molecular weight excluding hydrogens is 408 g/mol. The molecule has 142 valence electrons. The van der Waals surface area contributed by atoms with Gasteiger partial charge in [0.2, 0.25) is 0 Å². The Bertz CT molecular complexity index is 1260. The minimum Gasteiger partial charge on any atom is -0.333 e. The number of thiocarbonyl (C=S) groups is 1. The molecule has 4 rings (SSSR count). The number of aromatic nitrogens is 1. The van der Waals surface area contributed by atoms with Gasteiger partial charge in [-0.1, -0.05) is 35.9 Å². The molecule has 1 fully saturated rings. The molecule has 2 amide bonds. The molecule has 0 radical (unpaired) electrons. The quantitative estimate of drug-likeness (QED) is 0.398. The minimum atomic E-state index is -0.574. The Hall–Kier alpha value is -3.47. The van der Waals surface area contributed by atoms with E-state index >= 15 is 0 Å². The van der Waals surface area contributed by atoms with Crippen molar-refractivity contribution in [3.8, 4) is 6.07 Å². The molecule has 3 aromatic rings. The first-order chi connectivity index (χ1) is 14.0. The zero-order valence-corrected chi connectivity index (χ0v) is 16.5. The Morgan fingerprint density at radius 3 is 2.72 bits per heavy atom. The average Bonchev–Trinajstić information content (AvgIpc) is 3.03. The number of carbonyl (C=O) groups excluding carboxylic acids is 2. The summed E-state index contributed by atoms with van der Waals surface area (Å²) in [5.41, 5.74) is 1.91. The zero-order chi connectivity index (χ0) is 20.5. The van der Waals surface area contributed by atoms with Crippen LogP contribution in [0.2, 0.25) is 5.02 Å². The number of benzene rings is 2. The molecule has 2 aromatic carbocycles. The highest BCUT2D eigenvalue weighted by molar-refractivity contribution is 7.80. The van der Waals surface area contributed by atoms with Crippen molar-refractivity contribution in [1.82, 2.24) is 9.88 Å². The van der Waals surface area contributed by atoms with E-state index in [1.165, 1.54) is 11.0 Å². The fraction of sp³-hybridized carbons (Fsp3) is 0.0476. The fourth-order valence-corrected chi connectivity index (χ4v) is 3.73. The highest BCUT2D eigenvalue weighted by Gasteiger charge is 2.34. The topological polar surface area (TPSA) is 78.1 Å². The predicted octanol–water partition coefficient (Wildman–Crippen LogP) is 3.65. The first-order valence-corrected chi connectivity index (χ1v) is 9.40. The van der Waals surface area contributed by atoms with Gasteiger partial charge in [-0.15, -0.1) is 0 Å². The smallest absolute Gasteiger partial charge is 0.270 e. The first kappa shape index (κ1) is 18.9. The maximum Gasteiger partial charge on any atom is 0.270 e. The number of para-hydroxylation sites is 1. The Morgan fingerprint density at radius 1 is 1.17 bits per heavy atom. The number of nitriles is 1. The van der Waals surface area contributed by atoms with Crippen LogP contribution in [0.4, 0.5) is 5.69 Å². The zero-order valence-electron chi connectivity index (χ0n) is 14.9. The number of hydrogen-bond donors (Lipinski definition) is 1. The summed E-state index contributed by atoms with van der Waals surface area (Å²) in [7, 11) is 0. The lowest BCUT2D eigenvalue weighted by Gasteiger charge is -2.29. The van der Waals surface area contributed by atoms with Crippen molar-refractivity contribution in [1.29, 1.82) is 5.26 Å². The third-order valence-electron chi connectivity index (χ3n) is 4.53. The fourth-order valence-electron chi connectivity index (χ4n) is 3.26. The minimum absolute atomic E-state index is 0.00803. The lowest BCUT2D eigenvalue weighted by atomic mass is 10.1. The van der Waals surface area contributed by atoms with Gasteiger partial charge < -0.3 is 4.57 Å². The summed E-state index contributed by atoms with van der Waals surface area (Å²) in [5.74, 6) is -1.12. The van der Waals surface area contributed by atoms with Crippen LogP contribution >= 0.6 is 23.8 Å². The van der Waals surface area contributed by atoms with Crippen molar-refractivity contribution in [2.24, 2.45) is 0 Å². The van der Waals surface area contributed by atoms with Crippen molar-refractivity contribution >= 4 is 63.4 Å². The van der Waals surface area contributed by atoms with E-state index in [1.807, 2.05) is 24.3 Å². The summed E-state index contributed by atoms with van der Waals surface area (Å²) in [4.78, 5) is 26.9. The van der Waals surface area contributed by atoms with Crippen molar-refractivity contribution in [3.05, 3.63) is 70.9 Å². The molecule has 6 nitrogen and oxygen atoms in total. The van der Waals surface area contributed by atoms with Gasteiger partial charge in [-0.25, -0.2) is 0 Å². The maximum absolute atomic E-state index is 13.1. The Labute approximate surface area is 176 Å². The molecule has 0 aliphatic carbocycles. The van der Waals surface area contributed by atoms with Crippen LogP contribution in [-0.2, 0) is 16.1 Å². The molecular formula is C21H13ClN4O2S. The van der Waals surface area contributed by atoms with Gasteiger partial charge in [0.1, 0.15) is 12.1 Å². The number of nitrogens with zero attached hydrogens (tertiary/aromatic N) is 3. The average molecular weight is 421 g/mol. The lowest BCUT2D eigenvalue weighted by Crippen LogP contribution is -2.54. The summed E-state index contributed by atoms with van der Waals surface area (Å²) in [6, 6.07) is 16.2. The summed E-state index contributed by atoms with van der Waals surface area (Å²) >= 11 is 11.2. The highest BCUT2D eigenvalue weighted by atomic mass is 35.5. The Balaban J connectivity index is 1.82. The van der Waals surface area contributed by atoms with E-state index in [2.05, 4.69) is 11.4 Å². The highest BCUT2D eigenvalue weighted by Crippen LogP contribution is 2.27. The molecule has 1 aliphatic heterocycles. The normalized spacial score (nSPS) is 15.7. The molecule has 0 unspecified atom stereocenters. The molecule has 2 heterocycles. The van der Waals surface area contributed by atoms with Crippen molar-refractivity contribution in [3.63, 3.8) is 0 Å². The second kappa shape index (κ2) is 7.51. The second-order valence-corrected chi connectivity index (χ2v) is 7.15. The van der Waals surface area contributed by atoms with E-state index < -0.39 is 11.8 Å². The van der Waals surface area contributed by atoms with Gasteiger partial charge in [-0.2, -0.15) is 5.26 Å². The van der Waals surface area contributed by atoms with Gasteiger partial charge in [-0.05, 0) is 42.6 Å². The van der Waals surface area contributed by atoms with Gasteiger partial charge in [-0.3, -0.25) is 19.8 Å². The lowest BCUT2D eigenvalue weighted by molar-refractivity contribution is -0.122. The van der Waals surface area contributed by atoms with E-state index in [4.69, 9.17) is 29.1 Å². The standard InChI is InChI=1S/C21H13ClN4O2S/c22-14-4-3-5-15(11-14)26-20(28)17(19(27)24-21(26)29)10-13-12-25(9-8-23)18-7-2-1-6-16(13)18/h1-7,10-12H,9H2,(H,24,27,29)/b17-10+. The van der Waals surface area contributed by atoms with E-state index in [1.54, 1.807) is 35.0 Å². The Morgan fingerprint density at radius 2 is 1.97 bits per heavy atom. The largest absolute Gasteiger partial charge is 0.333 e. The third-order valence-corrected chi connectivity index (χ3v) is 5.05. The molecule has 1 aliphatic rings. The number of nitrogens with one attached hydrogen (secondary N) is 1. The van der Waals surface area contributed by atoms with E-state index in [0.29, 0.717) is 16.3 Å². The summed E-state index contributed by atoms with van der Waals surface area (Å²) in [6.45, 7) is 0.155. The molecule has 0 atom stereocenters. The van der Waals surface area contributed by atoms with Crippen LogP contribution in [0.25, 0.3) is 17.0 Å². The molecule has 1 N–H and O–H groups in total. The van der Waals surface area contributed by atoms with Crippen LogP contribution in [-0.4, -0.2) is 21.5 Å². The molecule has 0 spiro atoms. The number of fused-ring (bicyclic) bond motifs is 1. The monoisotopic (exact) mass is 420 g/mol. The van der Waals surface area contributed by atoms with Crippen LogP contribution in [0.3, 0.4) is 0 Å². The van der Waals surface area contributed by atoms with Crippen molar-refractivity contribution in [2.75, 3.05) is 4.90 Å². The summed E-state index contributed by atoms with van der Waals surface area (Å²) in [6.07, 6.45) is 3.27. The van der Waals surface area contributed by atoms with Crippen molar-refractivity contribution < 1.29 is 9.59 Å². The molecule has 8 heteroatoms. The van der Waals surface area contributed by atoms with Crippen LogP contribution < -0.4 is 10.2 Å². The molecule has 0 saturated carbocycles. The maximum atomic E-state index is 13.1. The summed E-state index contributed by atoms with van der Waals surface area (Å²) < 4.78 is 1.77. The number of rotatable bonds is 3.